The highest BCUT2D eigenvalue weighted by atomic mass is 32.2. The summed E-state index contributed by atoms with van der Waals surface area (Å²) in [4.78, 5) is 15.2. The molecular weight excluding hydrogens is 427 g/mol. The van der Waals surface area contributed by atoms with Crippen molar-refractivity contribution < 1.29 is 9.18 Å². The number of thioether (sulfide) groups is 1. The lowest BCUT2D eigenvalue weighted by molar-refractivity contribution is -0.0807. The normalized spacial score (nSPS) is 23.4. The zero-order valence-corrected chi connectivity index (χ0v) is 18.8. The number of halogens is 1. The summed E-state index contributed by atoms with van der Waals surface area (Å²) in [6, 6.07) is 22.9. The van der Waals surface area contributed by atoms with Crippen molar-refractivity contribution >= 4 is 35.3 Å². The van der Waals surface area contributed by atoms with E-state index in [0.29, 0.717) is 11.3 Å². The molecule has 3 aromatic carbocycles. The molecule has 0 unspecified atom stereocenters. The van der Waals surface area contributed by atoms with Gasteiger partial charge in [0.2, 0.25) is 0 Å². The zero-order chi connectivity index (χ0) is 21.5. The molecule has 0 heterocycles. The quantitative estimate of drug-likeness (QED) is 0.329. The van der Waals surface area contributed by atoms with Gasteiger partial charge < -0.3 is 10.0 Å². The van der Waals surface area contributed by atoms with Crippen LogP contribution in [0, 0.1) is 5.82 Å². The Morgan fingerprint density at radius 2 is 1.61 bits per heavy atom. The molecule has 31 heavy (non-hydrogen) atoms. The fraction of sp³-hybridized carbons (Fsp3) is 0.240. The lowest BCUT2D eigenvalue weighted by Crippen LogP contribution is -2.76. The molecule has 2 N–H and O–H groups in total. The number of benzene rings is 3. The lowest BCUT2D eigenvalue weighted by atomic mass is 9.37. The summed E-state index contributed by atoms with van der Waals surface area (Å²) in [5.41, 5.74) is 2.41. The van der Waals surface area contributed by atoms with Gasteiger partial charge in [-0.15, -0.1) is 11.8 Å². The first kappa shape index (κ1) is 20.5. The van der Waals surface area contributed by atoms with Crippen molar-refractivity contribution in [2.45, 2.75) is 40.0 Å². The zero-order valence-electron chi connectivity index (χ0n) is 17.2. The molecular formula is C25H23FN2OS2. The minimum absolute atomic E-state index is 0.126. The van der Waals surface area contributed by atoms with Crippen molar-refractivity contribution in [2.75, 3.05) is 11.0 Å². The van der Waals surface area contributed by atoms with E-state index in [0.717, 1.165) is 24.2 Å². The SMILES string of the molecule is CSc1ccc(SNc2cc(F)ccc2C(=O)NC23CC(c4ccccc4)(C2)C3)cc1. The van der Waals surface area contributed by atoms with Crippen LogP contribution < -0.4 is 10.0 Å². The Kier molecular flexibility index (Phi) is 5.22. The van der Waals surface area contributed by atoms with E-state index in [2.05, 4.69) is 34.3 Å². The molecule has 6 rings (SSSR count). The van der Waals surface area contributed by atoms with E-state index in [1.807, 2.05) is 36.6 Å². The van der Waals surface area contributed by atoms with Gasteiger partial charge in [-0.3, -0.25) is 4.79 Å². The van der Waals surface area contributed by atoms with Gasteiger partial charge in [-0.2, -0.15) is 0 Å². The minimum atomic E-state index is -0.370. The molecule has 0 saturated heterocycles. The van der Waals surface area contributed by atoms with Crippen LogP contribution >= 0.6 is 23.7 Å². The predicted molar refractivity (Wildman–Crippen MR) is 126 cm³/mol. The van der Waals surface area contributed by atoms with Crippen LogP contribution in [0.15, 0.2) is 82.6 Å². The van der Waals surface area contributed by atoms with Crippen molar-refractivity contribution in [3.05, 3.63) is 89.7 Å². The number of nitrogens with one attached hydrogen (secondary N) is 2. The van der Waals surface area contributed by atoms with Crippen LogP contribution in [0.25, 0.3) is 0 Å². The summed E-state index contributed by atoms with van der Waals surface area (Å²) in [5, 5.41) is 3.23. The van der Waals surface area contributed by atoms with Crippen LogP contribution in [0.4, 0.5) is 10.1 Å². The van der Waals surface area contributed by atoms with E-state index in [9.17, 15) is 9.18 Å². The molecule has 158 valence electrons. The molecule has 0 aromatic heterocycles. The Morgan fingerprint density at radius 1 is 0.935 bits per heavy atom. The van der Waals surface area contributed by atoms with E-state index in [-0.39, 0.29) is 22.7 Å². The molecule has 3 aromatic rings. The van der Waals surface area contributed by atoms with E-state index in [1.165, 1.54) is 34.5 Å². The van der Waals surface area contributed by atoms with Crippen LogP contribution in [0.5, 0.6) is 0 Å². The van der Waals surface area contributed by atoms with Gasteiger partial charge in [-0.25, -0.2) is 4.39 Å². The standard InChI is InChI=1S/C25H23FN2OS2/c1-30-19-8-10-20(11-9-19)31-28-22-13-18(26)7-12-21(22)23(29)27-25-14-24(15-25,16-25)17-5-3-2-4-6-17/h2-13,28H,14-16H2,1H3,(H,27,29). The number of hydrogen-bond donors (Lipinski definition) is 2. The van der Waals surface area contributed by atoms with Gasteiger partial charge in [-0.1, -0.05) is 30.3 Å². The molecule has 0 spiro atoms. The average molecular weight is 451 g/mol. The third kappa shape index (κ3) is 3.83. The largest absolute Gasteiger partial charge is 0.346 e. The summed E-state index contributed by atoms with van der Waals surface area (Å²) in [6.07, 6.45) is 4.94. The third-order valence-electron chi connectivity index (χ3n) is 6.36. The molecule has 3 nitrogen and oxygen atoms in total. The molecule has 3 fully saturated rings. The number of carbonyl (C=O) groups excluding carboxylic acids is 1. The fourth-order valence-electron chi connectivity index (χ4n) is 4.88. The van der Waals surface area contributed by atoms with Gasteiger partial charge in [-0.05, 0) is 85.5 Å². The second-order valence-electron chi connectivity index (χ2n) is 8.48. The van der Waals surface area contributed by atoms with Crippen molar-refractivity contribution in [3.63, 3.8) is 0 Å². The maximum absolute atomic E-state index is 13.9. The second-order valence-corrected chi connectivity index (χ2v) is 10.2. The smallest absolute Gasteiger partial charge is 0.253 e. The van der Waals surface area contributed by atoms with E-state index in [4.69, 9.17) is 0 Å². The highest BCUT2D eigenvalue weighted by Gasteiger charge is 2.68. The van der Waals surface area contributed by atoms with Crippen LogP contribution in [-0.4, -0.2) is 17.7 Å². The monoisotopic (exact) mass is 450 g/mol. The maximum atomic E-state index is 13.9. The second kappa shape index (κ2) is 7.92. The van der Waals surface area contributed by atoms with E-state index >= 15 is 0 Å². The van der Waals surface area contributed by atoms with Crippen LogP contribution in [-0.2, 0) is 5.41 Å². The van der Waals surface area contributed by atoms with Gasteiger partial charge in [0.25, 0.3) is 5.91 Å². The third-order valence-corrected chi connectivity index (χ3v) is 7.93. The van der Waals surface area contributed by atoms with Gasteiger partial charge in [0, 0.05) is 20.7 Å². The number of carbonyl (C=O) groups is 1. The van der Waals surface area contributed by atoms with Crippen molar-refractivity contribution in [1.82, 2.24) is 5.32 Å². The Labute approximate surface area is 190 Å². The first-order chi connectivity index (χ1) is 15.0. The lowest BCUT2D eigenvalue weighted by Gasteiger charge is -2.71. The molecule has 3 aliphatic rings. The van der Waals surface area contributed by atoms with Crippen molar-refractivity contribution in [3.8, 4) is 0 Å². The number of amides is 1. The number of anilines is 1. The molecule has 0 atom stereocenters. The van der Waals surface area contributed by atoms with E-state index in [1.54, 1.807) is 17.8 Å². The van der Waals surface area contributed by atoms with Gasteiger partial charge in [0.05, 0.1) is 11.3 Å². The minimum Gasteiger partial charge on any atom is -0.346 e. The van der Waals surface area contributed by atoms with Crippen LogP contribution in [0.1, 0.15) is 35.2 Å². The summed E-state index contributed by atoms with van der Waals surface area (Å²) in [5.74, 6) is -0.520. The predicted octanol–water partition coefficient (Wildman–Crippen LogP) is 6.27. The molecule has 3 saturated carbocycles. The first-order valence-corrected chi connectivity index (χ1v) is 12.3. The topological polar surface area (TPSA) is 41.1 Å². The summed E-state index contributed by atoms with van der Waals surface area (Å²) in [6.45, 7) is 0. The number of rotatable bonds is 7. The molecule has 6 heteroatoms. The van der Waals surface area contributed by atoms with Gasteiger partial charge in [0.15, 0.2) is 0 Å². The molecule has 0 radical (unpaired) electrons. The summed E-state index contributed by atoms with van der Waals surface area (Å²) >= 11 is 3.05. The van der Waals surface area contributed by atoms with Crippen molar-refractivity contribution in [1.29, 1.82) is 0 Å². The molecule has 0 aliphatic heterocycles. The highest BCUT2D eigenvalue weighted by Crippen LogP contribution is 2.67. The molecule has 3 aliphatic carbocycles. The number of hydrogen-bond acceptors (Lipinski definition) is 4. The summed E-state index contributed by atoms with van der Waals surface area (Å²) in [7, 11) is 0. The Balaban J connectivity index is 1.26. The van der Waals surface area contributed by atoms with Crippen LogP contribution in [0.3, 0.4) is 0 Å². The molecule has 1 amide bonds. The van der Waals surface area contributed by atoms with Crippen molar-refractivity contribution in [2.24, 2.45) is 0 Å². The van der Waals surface area contributed by atoms with E-state index < -0.39 is 0 Å². The van der Waals surface area contributed by atoms with Crippen LogP contribution in [0.2, 0.25) is 0 Å². The maximum Gasteiger partial charge on any atom is 0.253 e. The Hall–Kier alpha value is -2.44. The Morgan fingerprint density at radius 3 is 2.29 bits per heavy atom. The van der Waals surface area contributed by atoms with Gasteiger partial charge >= 0.3 is 0 Å². The highest BCUT2D eigenvalue weighted by molar-refractivity contribution is 8.00. The van der Waals surface area contributed by atoms with Gasteiger partial charge in [0.1, 0.15) is 5.82 Å². The molecule has 2 bridgehead atoms. The average Bonchev–Trinajstić information content (AvgIpc) is 2.74. The Bertz CT molecular complexity index is 1100. The fourth-order valence-corrected chi connectivity index (χ4v) is 5.96. The summed E-state index contributed by atoms with van der Waals surface area (Å²) < 4.78 is 17.1. The first-order valence-electron chi connectivity index (χ1n) is 10.3.